The third-order valence-electron chi connectivity index (χ3n) is 3.10. The summed E-state index contributed by atoms with van der Waals surface area (Å²) >= 11 is 0. The van der Waals surface area contributed by atoms with Gasteiger partial charge in [0, 0.05) is 37.5 Å². The molecule has 2 aromatic heterocycles. The van der Waals surface area contributed by atoms with Gasteiger partial charge < -0.3 is 15.2 Å². The van der Waals surface area contributed by atoms with Crippen molar-refractivity contribution in [3.05, 3.63) is 30.1 Å². The van der Waals surface area contributed by atoms with Gasteiger partial charge in [-0.1, -0.05) is 20.8 Å². The minimum atomic E-state index is -0.0922. The molecule has 0 unspecified atom stereocenters. The Labute approximate surface area is 126 Å². The molecule has 0 aromatic carbocycles. The number of anilines is 2. The second-order valence-corrected chi connectivity index (χ2v) is 6.05. The van der Waals surface area contributed by atoms with Crippen molar-refractivity contribution >= 4 is 11.6 Å². The highest BCUT2D eigenvalue weighted by Gasteiger charge is 2.19. The molecule has 2 heterocycles. The van der Waals surface area contributed by atoms with Gasteiger partial charge in [-0.15, -0.1) is 0 Å². The summed E-state index contributed by atoms with van der Waals surface area (Å²) in [5, 5.41) is 6.58. The molecule has 2 rings (SSSR count). The molecule has 21 heavy (non-hydrogen) atoms. The molecule has 114 valence electrons. The lowest BCUT2D eigenvalue weighted by Crippen LogP contribution is -2.19. The number of hydrogen-bond acceptors (Lipinski definition) is 5. The fraction of sp³-hybridized carbons (Fsp3) is 0.533. The molecule has 0 saturated heterocycles. The fourth-order valence-electron chi connectivity index (χ4n) is 1.88. The molecule has 0 aliphatic heterocycles. The monoisotopic (exact) mass is 288 g/mol. The van der Waals surface area contributed by atoms with Gasteiger partial charge in [0.2, 0.25) is 0 Å². The van der Waals surface area contributed by atoms with Crippen LogP contribution in [-0.4, -0.2) is 26.1 Å². The summed E-state index contributed by atoms with van der Waals surface area (Å²) in [5.74, 6) is 3.45. The second-order valence-electron chi connectivity index (χ2n) is 6.05. The largest absolute Gasteiger partial charge is 0.370 e. The molecule has 0 radical (unpaired) electrons. The average Bonchev–Trinajstić information content (AvgIpc) is 2.81. The molecular formula is C15H24N6. The number of nitrogens with zero attached hydrogens (tertiary/aromatic N) is 4. The normalized spacial score (nSPS) is 11.5. The Morgan fingerprint density at radius 1 is 1.14 bits per heavy atom. The summed E-state index contributed by atoms with van der Waals surface area (Å²) < 4.78 is 1.99. The van der Waals surface area contributed by atoms with Gasteiger partial charge in [-0.25, -0.2) is 15.0 Å². The number of hydrogen-bond donors (Lipinski definition) is 2. The van der Waals surface area contributed by atoms with E-state index in [1.807, 2.05) is 23.9 Å². The molecule has 2 N–H and O–H groups in total. The van der Waals surface area contributed by atoms with E-state index in [2.05, 4.69) is 53.3 Å². The molecule has 0 bridgehead atoms. The van der Waals surface area contributed by atoms with E-state index in [-0.39, 0.29) is 5.41 Å². The fourth-order valence-corrected chi connectivity index (χ4v) is 1.88. The highest BCUT2D eigenvalue weighted by molar-refractivity contribution is 5.48. The minimum absolute atomic E-state index is 0.0922. The van der Waals surface area contributed by atoms with Gasteiger partial charge in [0.25, 0.3) is 0 Å². The minimum Gasteiger partial charge on any atom is -0.370 e. The Morgan fingerprint density at radius 2 is 1.81 bits per heavy atom. The zero-order chi connectivity index (χ0) is 15.5. The molecule has 2 aromatic rings. The Balaban J connectivity index is 2.21. The Hall–Kier alpha value is -2.11. The van der Waals surface area contributed by atoms with E-state index in [9.17, 15) is 0 Å². The lowest BCUT2D eigenvalue weighted by molar-refractivity contribution is 0.546. The SMILES string of the molecule is CCNc1cc(NCc2nccn2C)nc(C(C)(C)C)n1. The van der Waals surface area contributed by atoms with Crippen LogP contribution >= 0.6 is 0 Å². The summed E-state index contributed by atoms with van der Waals surface area (Å²) in [7, 11) is 1.98. The van der Waals surface area contributed by atoms with Crippen molar-refractivity contribution in [2.45, 2.75) is 39.7 Å². The predicted octanol–water partition coefficient (Wildman–Crippen LogP) is 2.55. The van der Waals surface area contributed by atoms with Crippen LogP contribution in [0.3, 0.4) is 0 Å². The van der Waals surface area contributed by atoms with Crippen molar-refractivity contribution in [3.63, 3.8) is 0 Å². The molecule has 0 atom stereocenters. The first-order valence-electron chi connectivity index (χ1n) is 7.23. The standard InChI is InChI=1S/C15H24N6/c1-6-16-11-9-12(20-14(19-11)15(2,3)4)18-10-13-17-7-8-21(13)5/h7-9H,6,10H2,1-5H3,(H2,16,18,19,20). The van der Waals surface area contributed by atoms with E-state index in [1.54, 1.807) is 6.20 Å². The van der Waals surface area contributed by atoms with Crippen molar-refractivity contribution in [2.24, 2.45) is 7.05 Å². The number of nitrogens with one attached hydrogen (secondary N) is 2. The molecule has 0 spiro atoms. The maximum absolute atomic E-state index is 4.62. The first-order chi connectivity index (χ1) is 9.90. The molecule has 0 aliphatic carbocycles. The number of rotatable bonds is 5. The van der Waals surface area contributed by atoms with Crippen LogP contribution in [0.5, 0.6) is 0 Å². The van der Waals surface area contributed by atoms with Gasteiger partial charge in [-0.3, -0.25) is 0 Å². The highest BCUT2D eigenvalue weighted by atomic mass is 15.1. The van der Waals surface area contributed by atoms with Crippen molar-refractivity contribution in [1.29, 1.82) is 0 Å². The van der Waals surface area contributed by atoms with Gasteiger partial charge in [0.05, 0.1) is 6.54 Å². The Kier molecular flexibility index (Phi) is 4.45. The first kappa shape index (κ1) is 15.3. The number of aromatic nitrogens is 4. The van der Waals surface area contributed by atoms with E-state index >= 15 is 0 Å². The first-order valence-corrected chi connectivity index (χ1v) is 7.23. The zero-order valence-corrected chi connectivity index (χ0v) is 13.4. The summed E-state index contributed by atoms with van der Waals surface area (Å²) in [4.78, 5) is 13.5. The van der Waals surface area contributed by atoms with Crippen molar-refractivity contribution < 1.29 is 0 Å². The molecule has 0 amide bonds. The van der Waals surface area contributed by atoms with Crippen LogP contribution in [0.1, 0.15) is 39.3 Å². The van der Waals surface area contributed by atoms with Gasteiger partial charge in [0.15, 0.2) is 0 Å². The highest BCUT2D eigenvalue weighted by Crippen LogP contribution is 2.22. The van der Waals surface area contributed by atoms with E-state index < -0.39 is 0 Å². The van der Waals surface area contributed by atoms with E-state index in [1.165, 1.54) is 0 Å². The summed E-state index contributed by atoms with van der Waals surface area (Å²) in [6.45, 7) is 9.86. The molecule has 0 fully saturated rings. The van der Waals surface area contributed by atoms with E-state index in [0.29, 0.717) is 6.54 Å². The van der Waals surface area contributed by atoms with E-state index in [0.717, 1.165) is 29.8 Å². The number of aryl methyl sites for hydroxylation is 1. The number of imidazole rings is 1. The summed E-state index contributed by atoms with van der Waals surface area (Å²) in [5.41, 5.74) is -0.0922. The lowest BCUT2D eigenvalue weighted by atomic mass is 9.96. The van der Waals surface area contributed by atoms with Crippen molar-refractivity contribution in [3.8, 4) is 0 Å². The molecular weight excluding hydrogens is 264 g/mol. The van der Waals surface area contributed by atoms with E-state index in [4.69, 9.17) is 0 Å². The van der Waals surface area contributed by atoms with Crippen LogP contribution < -0.4 is 10.6 Å². The third kappa shape index (κ3) is 3.93. The molecule has 6 nitrogen and oxygen atoms in total. The predicted molar refractivity (Wildman–Crippen MR) is 85.4 cm³/mol. The second kappa shape index (κ2) is 6.11. The van der Waals surface area contributed by atoms with Gasteiger partial charge >= 0.3 is 0 Å². The van der Waals surface area contributed by atoms with Crippen LogP contribution in [0.4, 0.5) is 11.6 Å². The van der Waals surface area contributed by atoms with Gasteiger partial charge in [-0.05, 0) is 6.92 Å². The van der Waals surface area contributed by atoms with Crippen molar-refractivity contribution in [1.82, 2.24) is 19.5 Å². The Morgan fingerprint density at radius 3 is 2.33 bits per heavy atom. The molecule has 6 heteroatoms. The zero-order valence-electron chi connectivity index (χ0n) is 13.4. The Bertz CT molecular complexity index is 596. The van der Waals surface area contributed by atoms with Crippen LogP contribution in [-0.2, 0) is 19.0 Å². The van der Waals surface area contributed by atoms with Crippen molar-refractivity contribution in [2.75, 3.05) is 17.2 Å². The van der Waals surface area contributed by atoms with Crippen LogP contribution in [0.25, 0.3) is 0 Å². The average molecular weight is 288 g/mol. The topological polar surface area (TPSA) is 67.7 Å². The van der Waals surface area contributed by atoms with Gasteiger partial charge in [0.1, 0.15) is 23.3 Å². The smallest absolute Gasteiger partial charge is 0.138 e. The quantitative estimate of drug-likeness (QED) is 0.885. The van der Waals surface area contributed by atoms with Gasteiger partial charge in [-0.2, -0.15) is 0 Å². The van der Waals surface area contributed by atoms with Crippen LogP contribution in [0.2, 0.25) is 0 Å². The molecule has 0 saturated carbocycles. The maximum atomic E-state index is 4.62. The third-order valence-corrected chi connectivity index (χ3v) is 3.10. The molecule has 0 aliphatic rings. The maximum Gasteiger partial charge on any atom is 0.138 e. The summed E-state index contributed by atoms with van der Waals surface area (Å²) in [6, 6.07) is 1.93. The van der Waals surface area contributed by atoms with Crippen LogP contribution in [0, 0.1) is 0 Å². The summed E-state index contributed by atoms with van der Waals surface area (Å²) in [6.07, 6.45) is 3.73. The van der Waals surface area contributed by atoms with Crippen LogP contribution in [0.15, 0.2) is 18.5 Å². The lowest BCUT2D eigenvalue weighted by Gasteiger charge is -2.19.